The number of rotatable bonds is 7. The second-order valence-corrected chi connectivity index (χ2v) is 7.33. The number of likely N-dealkylation sites (tertiary alicyclic amines) is 1. The summed E-state index contributed by atoms with van der Waals surface area (Å²) >= 11 is 0. The molecule has 0 aliphatic carbocycles. The first kappa shape index (κ1) is 19.2. The van der Waals surface area contributed by atoms with Gasteiger partial charge in [0.1, 0.15) is 5.75 Å². The summed E-state index contributed by atoms with van der Waals surface area (Å²) in [6.07, 6.45) is 4.71. The fourth-order valence-corrected chi connectivity index (χ4v) is 4.17. The average Bonchev–Trinajstić information content (AvgIpc) is 2.70. The predicted molar refractivity (Wildman–Crippen MR) is 100 cm³/mol. The maximum Gasteiger partial charge on any atom is 0.313 e. The average molecular weight is 361 g/mol. The van der Waals surface area contributed by atoms with Gasteiger partial charge in [-0.15, -0.1) is 0 Å². The third-order valence-electron chi connectivity index (χ3n) is 5.61. The van der Waals surface area contributed by atoms with Crippen LogP contribution >= 0.6 is 0 Å². The van der Waals surface area contributed by atoms with Crippen molar-refractivity contribution in [2.24, 2.45) is 5.41 Å². The van der Waals surface area contributed by atoms with Crippen LogP contribution < -0.4 is 4.74 Å². The van der Waals surface area contributed by atoms with Crippen molar-refractivity contribution in [3.8, 4) is 5.75 Å². The standard InChI is InChI=1S/C21H31NO4/c1-2-25-20(23)21(12-16-26-19-7-4-3-5-8-19)11-6-13-22(17-21)18-9-14-24-15-10-18/h3-5,7-8,18H,2,6,9-17H2,1H3/t21-/m1/s1. The van der Waals surface area contributed by atoms with E-state index in [2.05, 4.69) is 4.90 Å². The van der Waals surface area contributed by atoms with E-state index < -0.39 is 5.41 Å². The lowest BCUT2D eigenvalue weighted by atomic mass is 9.76. The van der Waals surface area contributed by atoms with Gasteiger partial charge in [-0.1, -0.05) is 18.2 Å². The van der Waals surface area contributed by atoms with Gasteiger partial charge >= 0.3 is 5.97 Å². The molecule has 0 saturated carbocycles. The van der Waals surface area contributed by atoms with Crippen LogP contribution in [0, 0.1) is 5.41 Å². The number of nitrogens with zero attached hydrogens (tertiary/aromatic N) is 1. The van der Waals surface area contributed by atoms with Crippen molar-refractivity contribution in [3.63, 3.8) is 0 Å². The zero-order valence-electron chi connectivity index (χ0n) is 15.8. The van der Waals surface area contributed by atoms with Crippen molar-refractivity contribution in [2.75, 3.05) is 39.5 Å². The fourth-order valence-electron chi connectivity index (χ4n) is 4.17. The molecule has 5 heteroatoms. The number of esters is 1. The Morgan fingerprint density at radius 2 is 2.04 bits per heavy atom. The molecule has 2 fully saturated rings. The fraction of sp³-hybridized carbons (Fsp3) is 0.667. The maximum atomic E-state index is 12.9. The summed E-state index contributed by atoms with van der Waals surface area (Å²) < 4.78 is 16.9. The molecule has 0 radical (unpaired) electrons. The van der Waals surface area contributed by atoms with Crippen LogP contribution in [-0.4, -0.2) is 56.4 Å². The number of hydrogen-bond donors (Lipinski definition) is 0. The highest BCUT2D eigenvalue weighted by Crippen LogP contribution is 2.37. The van der Waals surface area contributed by atoms with Gasteiger partial charge in [-0.2, -0.15) is 0 Å². The maximum absolute atomic E-state index is 12.9. The Bertz CT molecular complexity index is 558. The van der Waals surface area contributed by atoms with Crippen molar-refractivity contribution in [3.05, 3.63) is 30.3 Å². The molecular formula is C21H31NO4. The Morgan fingerprint density at radius 1 is 1.27 bits per heavy atom. The van der Waals surface area contributed by atoms with Crippen molar-refractivity contribution in [1.82, 2.24) is 4.90 Å². The van der Waals surface area contributed by atoms with Crippen LogP contribution in [0.1, 0.15) is 39.0 Å². The summed E-state index contributed by atoms with van der Waals surface area (Å²) in [6.45, 7) is 6.32. The number of para-hydroxylation sites is 1. The molecule has 2 saturated heterocycles. The van der Waals surface area contributed by atoms with Gasteiger partial charge in [0, 0.05) is 25.8 Å². The van der Waals surface area contributed by atoms with Crippen molar-refractivity contribution < 1.29 is 19.0 Å². The van der Waals surface area contributed by atoms with Crippen LogP contribution in [0.2, 0.25) is 0 Å². The number of benzene rings is 1. The largest absolute Gasteiger partial charge is 0.494 e. The highest BCUT2D eigenvalue weighted by atomic mass is 16.5. The van der Waals surface area contributed by atoms with E-state index in [1.807, 2.05) is 37.3 Å². The molecule has 0 spiro atoms. The lowest BCUT2D eigenvalue weighted by Gasteiger charge is -2.45. The minimum atomic E-state index is -0.457. The van der Waals surface area contributed by atoms with Crippen LogP contribution in [0.15, 0.2) is 30.3 Å². The number of hydrogen-bond acceptors (Lipinski definition) is 5. The summed E-state index contributed by atoms with van der Waals surface area (Å²) in [4.78, 5) is 15.4. The molecule has 26 heavy (non-hydrogen) atoms. The lowest BCUT2D eigenvalue weighted by molar-refractivity contribution is -0.161. The van der Waals surface area contributed by atoms with E-state index in [-0.39, 0.29) is 5.97 Å². The number of carbonyl (C=O) groups excluding carboxylic acids is 1. The SMILES string of the molecule is CCOC(=O)[C@@]1(CCOc2ccccc2)CCCN(C2CCOCC2)C1. The molecule has 0 bridgehead atoms. The summed E-state index contributed by atoms with van der Waals surface area (Å²) in [7, 11) is 0. The molecule has 144 valence electrons. The summed E-state index contributed by atoms with van der Waals surface area (Å²) in [6, 6.07) is 10.3. The molecule has 1 atom stereocenters. The molecular weight excluding hydrogens is 330 g/mol. The van der Waals surface area contributed by atoms with Gasteiger partial charge in [0.25, 0.3) is 0 Å². The normalized spacial score (nSPS) is 25.0. The topological polar surface area (TPSA) is 48.0 Å². The Kier molecular flexibility index (Phi) is 6.92. The third-order valence-corrected chi connectivity index (χ3v) is 5.61. The van der Waals surface area contributed by atoms with Crippen LogP contribution in [0.3, 0.4) is 0 Å². The van der Waals surface area contributed by atoms with Gasteiger partial charge in [-0.3, -0.25) is 9.69 Å². The van der Waals surface area contributed by atoms with Crippen LogP contribution in [-0.2, 0) is 14.3 Å². The molecule has 5 nitrogen and oxygen atoms in total. The third kappa shape index (κ3) is 4.77. The number of carbonyl (C=O) groups is 1. The van der Waals surface area contributed by atoms with Gasteiger partial charge in [-0.25, -0.2) is 0 Å². The van der Waals surface area contributed by atoms with Gasteiger partial charge in [0.05, 0.1) is 18.6 Å². The summed E-state index contributed by atoms with van der Waals surface area (Å²) in [5.41, 5.74) is -0.457. The summed E-state index contributed by atoms with van der Waals surface area (Å²) in [5.74, 6) is 0.789. The summed E-state index contributed by atoms with van der Waals surface area (Å²) in [5, 5.41) is 0. The monoisotopic (exact) mass is 361 g/mol. The Morgan fingerprint density at radius 3 is 2.77 bits per heavy atom. The minimum Gasteiger partial charge on any atom is -0.494 e. The quantitative estimate of drug-likeness (QED) is 0.698. The molecule has 0 unspecified atom stereocenters. The first-order valence-electron chi connectivity index (χ1n) is 9.90. The van der Waals surface area contributed by atoms with Crippen molar-refractivity contribution in [2.45, 2.75) is 45.1 Å². The van der Waals surface area contributed by atoms with E-state index in [4.69, 9.17) is 14.2 Å². The molecule has 2 heterocycles. The molecule has 0 amide bonds. The Balaban J connectivity index is 1.65. The molecule has 2 aliphatic heterocycles. The Hall–Kier alpha value is -1.59. The molecule has 2 aliphatic rings. The number of ether oxygens (including phenoxy) is 3. The Labute approximate surface area is 156 Å². The smallest absolute Gasteiger partial charge is 0.313 e. The zero-order chi connectivity index (χ0) is 18.2. The van der Waals surface area contributed by atoms with E-state index in [1.54, 1.807) is 0 Å². The van der Waals surface area contributed by atoms with E-state index >= 15 is 0 Å². The molecule has 3 rings (SSSR count). The molecule has 1 aromatic carbocycles. The molecule has 0 N–H and O–H groups in total. The van der Waals surface area contributed by atoms with Gasteiger partial charge in [0.2, 0.25) is 0 Å². The second kappa shape index (κ2) is 9.38. The molecule has 0 aromatic heterocycles. The van der Waals surface area contributed by atoms with E-state index in [0.29, 0.717) is 25.7 Å². The van der Waals surface area contributed by atoms with E-state index in [0.717, 1.165) is 57.7 Å². The van der Waals surface area contributed by atoms with Crippen LogP contribution in [0.4, 0.5) is 0 Å². The number of piperidine rings is 1. The predicted octanol–water partition coefficient (Wildman–Crippen LogP) is 3.28. The first-order valence-corrected chi connectivity index (χ1v) is 9.90. The molecule has 1 aromatic rings. The van der Waals surface area contributed by atoms with Crippen molar-refractivity contribution in [1.29, 1.82) is 0 Å². The highest BCUT2D eigenvalue weighted by Gasteiger charge is 2.44. The van der Waals surface area contributed by atoms with Gasteiger partial charge in [0.15, 0.2) is 0 Å². The van der Waals surface area contributed by atoms with Crippen molar-refractivity contribution >= 4 is 5.97 Å². The van der Waals surface area contributed by atoms with Crippen LogP contribution in [0.5, 0.6) is 5.75 Å². The van der Waals surface area contributed by atoms with Gasteiger partial charge in [-0.05, 0) is 57.7 Å². The first-order chi connectivity index (χ1) is 12.7. The van der Waals surface area contributed by atoms with Crippen LogP contribution in [0.25, 0.3) is 0 Å². The van der Waals surface area contributed by atoms with Gasteiger partial charge < -0.3 is 14.2 Å². The zero-order valence-corrected chi connectivity index (χ0v) is 15.8. The highest BCUT2D eigenvalue weighted by molar-refractivity contribution is 5.77. The van der Waals surface area contributed by atoms with E-state index in [9.17, 15) is 4.79 Å². The minimum absolute atomic E-state index is 0.0616. The second-order valence-electron chi connectivity index (χ2n) is 7.33. The lowest BCUT2D eigenvalue weighted by Crippen LogP contribution is -2.53. The van der Waals surface area contributed by atoms with E-state index in [1.165, 1.54) is 0 Å².